The summed E-state index contributed by atoms with van der Waals surface area (Å²) < 4.78 is 5.73. The summed E-state index contributed by atoms with van der Waals surface area (Å²) in [6, 6.07) is 7.15. The molecule has 1 aromatic carbocycles. The van der Waals surface area contributed by atoms with Crippen LogP contribution in [0.15, 0.2) is 18.2 Å². The Balaban J connectivity index is 2.84. The lowest BCUT2D eigenvalue weighted by Crippen LogP contribution is -2.45. The molecule has 0 aliphatic heterocycles. The molecule has 0 heterocycles. The van der Waals surface area contributed by atoms with Gasteiger partial charge >= 0.3 is 0 Å². The van der Waals surface area contributed by atoms with Crippen molar-refractivity contribution < 1.29 is 4.74 Å². The van der Waals surface area contributed by atoms with Gasteiger partial charge in [-0.2, -0.15) is 0 Å². The van der Waals surface area contributed by atoms with Gasteiger partial charge in [0.25, 0.3) is 0 Å². The molecular weight excluding hydrogens is 246 g/mol. The number of ether oxygens (including phenoxy) is 1. The lowest BCUT2D eigenvalue weighted by atomic mass is 9.92. The fourth-order valence-corrected chi connectivity index (χ4v) is 2.72. The van der Waals surface area contributed by atoms with Crippen LogP contribution >= 0.6 is 0 Å². The van der Waals surface area contributed by atoms with Gasteiger partial charge in [0.1, 0.15) is 0 Å². The topological polar surface area (TPSA) is 21.3 Å². The number of aryl methyl sites for hydroxylation is 2. The molecule has 20 heavy (non-hydrogen) atoms. The van der Waals surface area contributed by atoms with E-state index in [0.29, 0.717) is 12.0 Å². The second-order valence-electron chi connectivity index (χ2n) is 6.13. The van der Waals surface area contributed by atoms with Gasteiger partial charge in [0.05, 0.1) is 6.10 Å². The smallest absolute Gasteiger partial charge is 0.0750 e. The molecule has 0 spiro atoms. The van der Waals surface area contributed by atoms with Crippen molar-refractivity contribution in [1.29, 1.82) is 0 Å². The van der Waals surface area contributed by atoms with Crippen LogP contribution in [0.2, 0.25) is 0 Å². The fourth-order valence-electron chi connectivity index (χ4n) is 2.72. The van der Waals surface area contributed by atoms with Crippen molar-refractivity contribution in [2.75, 3.05) is 13.7 Å². The molecule has 2 atom stereocenters. The third-order valence-corrected chi connectivity index (χ3v) is 4.01. The van der Waals surface area contributed by atoms with Crippen molar-refractivity contribution in [3.8, 4) is 0 Å². The molecule has 0 radical (unpaired) electrons. The molecule has 0 saturated heterocycles. The summed E-state index contributed by atoms with van der Waals surface area (Å²) in [5.41, 5.74) is 4.12. The molecule has 0 saturated carbocycles. The monoisotopic (exact) mass is 277 g/mol. The van der Waals surface area contributed by atoms with Crippen LogP contribution in [0.4, 0.5) is 0 Å². The van der Waals surface area contributed by atoms with Crippen molar-refractivity contribution in [3.63, 3.8) is 0 Å². The molecular formula is C18H31NO. The quantitative estimate of drug-likeness (QED) is 0.778. The summed E-state index contributed by atoms with van der Waals surface area (Å²) in [6.45, 7) is 12.1. The third kappa shape index (κ3) is 4.92. The summed E-state index contributed by atoms with van der Waals surface area (Å²) >= 11 is 0. The van der Waals surface area contributed by atoms with Gasteiger partial charge in [-0.15, -0.1) is 0 Å². The van der Waals surface area contributed by atoms with Gasteiger partial charge in [0.2, 0.25) is 0 Å². The van der Waals surface area contributed by atoms with Crippen LogP contribution in [0, 0.1) is 19.8 Å². The maximum atomic E-state index is 5.73. The Labute approximate surface area is 124 Å². The van der Waals surface area contributed by atoms with Crippen LogP contribution in [-0.4, -0.2) is 25.8 Å². The van der Waals surface area contributed by atoms with E-state index < -0.39 is 0 Å². The van der Waals surface area contributed by atoms with E-state index in [1.165, 1.54) is 16.7 Å². The van der Waals surface area contributed by atoms with E-state index in [0.717, 1.165) is 19.4 Å². The fraction of sp³-hybridized carbons (Fsp3) is 0.667. The van der Waals surface area contributed by atoms with Crippen LogP contribution in [0.25, 0.3) is 0 Å². The largest absolute Gasteiger partial charge is 0.380 e. The van der Waals surface area contributed by atoms with Gasteiger partial charge in [-0.05, 0) is 55.8 Å². The van der Waals surface area contributed by atoms with Gasteiger partial charge in [-0.1, -0.05) is 39.0 Å². The molecule has 0 bridgehead atoms. The van der Waals surface area contributed by atoms with E-state index in [1.54, 1.807) is 0 Å². The number of hydrogen-bond donors (Lipinski definition) is 1. The van der Waals surface area contributed by atoms with Crippen molar-refractivity contribution >= 4 is 0 Å². The minimum absolute atomic E-state index is 0.253. The second kappa shape index (κ2) is 8.43. The van der Waals surface area contributed by atoms with E-state index in [4.69, 9.17) is 4.74 Å². The number of methoxy groups -OCH3 is 1. The SMILES string of the molecule is CCCNC(Cc1ccc(C)c(C)c1)C(OC)C(C)C. The van der Waals surface area contributed by atoms with Crippen LogP contribution in [0.3, 0.4) is 0 Å². The Hall–Kier alpha value is -0.860. The average Bonchev–Trinajstić information content (AvgIpc) is 2.40. The van der Waals surface area contributed by atoms with E-state index in [-0.39, 0.29) is 6.10 Å². The first kappa shape index (κ1) is 17.2. The van der Waals surface area contributed by atoms with Crippen LogP contribution < -0.4 is 5.32 Å². The number of nitrogens with one attached hydrogen (secondary N) is 1. The lowest BCUT2D eigenvalue weighted by molar-refractivity contribution is 0.0332. The molecule has 1 rings (SSSR count). The van der Waals surface area contributed by atoms with E-state index in [2.05, 4.69) is 58.1 Å². The standard InChI is InChI=1S/C18H31NO/c1-7-10-19-17(18(20-6)13(2)3)12-16-9-8-14(4)15(5)11-16/h8-9,11,13,17-19H,7,10,12H2,1-6H3. The average molecular weight is 277 g/mol. The van der Waals surface area contributed by atoms with Crippen molar-refractivity contribution in [2.24, 2.45) is 5.92 Å². The molecule has 2 heteroatoms. The van der Waals surface area contributed by atoms with Gasteiger partial charge in [0, 0.05) is 13.2 Å². The third-order valence-electron chi connectivity index (χ3n) is 4.01. The first-order valence-corrected chi connectivity index (χ1v) is 7.81. The Morgan fingerprint density at radius 3 is 2.35 bits per heavy atom. The minimum Gasteiger partial charge on any atom is -0.380 e. The highest BCUT2D eigenvalue weighted by Crippen LogP contribution is 2.17. The molecule has 2 nitrogen and oxygen atoms in total. The summed E-state index contributed by atoms with van der Waals surface area (Å²) in [6.07, 6.45) is 2.43. The highest BCUT2D eigenvalue weighted by atomic mass is 16.5. The highest BCUT2D eigenvalue weighted by molar-refractivity contribution is 5.30. The maximum Gasteiger partial charge on any atom is 0.0750 e. The molecule has 114 valence electrons. The van der Waals surface area contributed by atoms with Crippen LogP contribution in [0.1, 0.15) is 43.9 Å². The molecule has 1 N–H and O–H groups in total. The van der Waals surface area contributed by atoms with E-state index >= 15 is 0 Å². The zero-order chi connectivity index (χ0) is 15.1. The summed E-state index contributed by atoms with van der Waals surface area (Å²) in [4.78, 5) is 0. The Morgan fingerprint density at radius 1 is 1.15 bits per heavy atom. The Kier molecular flexibility index (Phi) is 7.25. The van der Waals surface area contributed by atoms with Gasteiger partial charge in [0.15, 0.2) is 0 Å². The molecule has 0 aliphatic rings. The number of benzene rings is 1. The van der Waals surface area contributed by atoms with Crippen LogP contribution in [0.5, 0.6) is 0 Å². The predicted octanol–water partition coefficient (Wildman–Crippen LogP) is 3.89. The van der Waals surface area contributed by atoms with E-state index in [9.17, 15) is 0 Å². The Morgan fingerprint density at radius 2 is 1.85 bits per heavy atom. The van der Waals surface area contributed by atoms with Gasteiger partial charge < -0.3 is 10.1 Å². The van der Waals surface area contributed by atoms with Crippen molar-refractivity contribution in [1.82, 2.24) is 5.32 Å². The number of hydrogen-bond acceptors (Lipinski definition) is 2. The zero-order valence-electron chi connectivity index (χ0n) is 14.0. The zero-order valence-corrected chi connectivity index (χ0v) is 14.0. The molecule has 0 aromatic heterocycles. The minimum atomic E-state index is 0.253. The molecule has 0 fully saturated rings. The molecule has 1 aromatic rings. The van der Waals surface area contributed by atoms with Gasteiger partial charge in [-0.3, -0.25) is 0 Å². The molecule has 0 aliphatic carbocycles. The van der Waals surface area contributed by atoms with Crippen LogP contribution in [-0.2, 0) is 11.2 Å². The van der Waals surface area contributed by atoms with Gasteiger partial charge in [-0.25, -0.2) is 0 Å². The Bertz CT molecular complexity index is 400. The predicted molar refractivity (Wildman–Crippen MR) is 87.3 cm³/mol. The number of rotatable bonds is 8. The van der Waals surface area contributed by atoms with Crippen molar-refractivity contribution in [2.45, 2.75) is 59.6 Å². The first-order valence-electron chi connectivity index (χ1n) is 7.81. The van der Waals surface area contributed by atoms with E-state index in [1.807, 2.05) is 7.11 Å². The summed E-state index contributed by atoms with van der Waals surface area (Å²) in [7, 11) is 1.83. The highest BCUT2D eigenvalue weighted by Gasteiger charge is 2.24. The van der Waals surface area contributed by atoms with Crippen molar-refractivity contribution in [3.05, 3.63) is 34.9 Å². The normalized spacial score (nSPS) is 14.6. The molecule has 2 unspecified atom stereocenters. The lowest BCUT2D eigenvalue weighted by Gasteiger charge is -2.30. The maximum absolute atomic E-state index is 5.73. The second-order valence-corrected chi connectivity index (χ2v) is 6.13. The summed E-state index contributed by atoms with van der Waals surface area (Å²) in [5.74, 6) is 0.515. The summed E-state index contributed by atoms with van der Waals surface area (Å²) in [5, 5.41) is 3.66. The first-order chi connectivity index (χ1) is 9.49. The molecule has 0 amide bonds.